The molecular formula is C17H21ClN2O4S. The van der Waals surface area contributed by atoms with Crippen LogP contribution in [0.2, 0.25) is 5.02 Å². The van der Waals surface area contributed by atoms with E-state index >= 15 is 0 Å². The number of aldehydes is 1. The number of rotatable bonds is 5. The van der Waals surface area contributed by atoms with Gasteiger partial charge in [0.25, 0.3) is 0 Å². The normalized spacial score (nSPS) is 23.7. The minimum absolute atomic E-state index is 0.0424. The van der Waals surface area contributed by atoms with Crippen LogP contribution in [0.3, 0.4) is 0 Å². The monoisotopic (exact) mass is 384 g/mol. The summed E-state index contributed by atoms with van der Waals surface area (Å²) in [5.41, 5.74) is 0.183. The zero-order valence-electron chi connectivity index (χ0n) is 14.3. The number of carbonyl (C=O) groups excluding carboxylic acids is 2. The van der Waals surface area contributed by atoms with Gasteiger partial charge < -0.3 is 9.69 Å². The summed E-state index contributed by atoms with van der Waals surface area (Å²) in [6.07, 6.45) is 2.51. The fraction of sp³-hybridized carbons (Fsp3) is 0.412. The summed E-state index contributed by atoms with van der Waals surface area (Å²) in [5, 5.41) is 0.417. The van der Waals surface area contributed by atoms with E-state index in [2.05, 4.69) is 0 Å². The molecule has 1 aromatic carbocycles. The molecular weight excluding hydrogens is 364 g/mol. The minimum atomic E-state index is -3.96. The molecule has 136 valence electrons. The van der Waals surface area contributed by atoms with Crippen LogP contribution < -0.4 is 0 Å². The third-order valence-corrected chi connectivity index (χ3v) is 6.28. The fourth-order valence-electron chi connectivity index (χ4n) is 2.91. The lowest BCUT2D eigenvalue weighted by molar-refractivity contribution is -0.122. The molecule has 6 nitrogen and oxygen atoms in total. The largest absolute Gasteiger partial charge is 0.383 e. The second-order valence-corrected chi connectivity index (χ2v) is 8.39. The van der Waals surface area contributed by atoms with Gasteiger partial charge in [-0.25, -0.2) is 8.42 Å². The molecule has 0 amide bonds. The highest BCUT2D eigenvalue weighted by molar-refractivity contribution is 7.89. The average Bonchev–Trinajstić information content (AvgIpc) is 2.55. The molecule has 0 aliphatic carbocycles. The van der Waals surface area contributed by atoms with Crippen molar-refractivity contribution >= 4 is 33.7 Å². The van der Waals surface area contributed by atoms with Crippen LogP contribution in [0.4, 0.5) is 0 Å². The third kappa shape index (κ3) is 3.94. The second kappa shape index (κ2) is 7.68. The van der Waals surface area contributed by atoms with Crippen LogP contribution in [0.25, 0.3) is 0 Å². The first-order chi connectivity index (χ1) is 11.7. The van der Waals surface area contributed by atoms with Gasteiger partial charge in [-0.3, -0.25) is 4.79 Å². The Bertz CT molecular complexity index is 787. The van der Waals surface area contributed by atoms with Crippen molar-refractivity contribution in [1.29, 1.82) is 0 Å². The number of benzene rings is 1. The van der Waals surface area contributed by atoms with E-state index in [4.69, 9.17) is 11.6 Å². The van der Waals surface area contributed by atoms with Crippen molar-refractivity contribution < 1.29 is 18.0 Å². The Kier molecular flexibility index (Phi) is 6.03. The molecule has 1 aromatic rings. The number of nitrogens with zero attached hydrogens (tertiary/aromatic N) is 2. The van der Waals surface area contributed by atoms with Crippen LogP contribution in [-0.4, -0.2) is 55.9 Å². The van der Waals surface area contributed by atoms with Gasteiger partial charge in [-0.1, -0.05) is 18.5 Å². The van der Waals surface area contributed by atoms with Gasteiger partial charge >= 0.3 is 0 Å². The van der Waals surface area contributed by atoms with Gasteiger partial charge in [0.15, 0.2) is 5.78 Å². The van der Waals surface area contributed by atoms with E-state index < -0.39 is 22.1 Å². The number of sulfonamides is 1. The summed E-state index contributed by atoms with van der Waals surface area (Å²) >= 11 is 5.84. The molecule has 0 N–H and O–H groups in total. The summed E-state index contributed by atoms with van der Waals surface area (Å²) < 4.78 is 27.4. The summed E-state index contributed by atoms with van der Waals surface area (Å²) in [6.45, 7) is 1.80. The lowest BCUT2D eigenvalue weighted by Gasteiger charge is -2.39. The molecule has 25 heavy (non-hydrogen) atoms. The Morgan fingerprint density at radius 2 is 1.88 bits per heavy atom. The molecule has 1 heterocycles. The molecule has 1 aliphatic heterocycles. The molecule has 1 saturated heterocycles. The smallest absolute Gasteiger partial charge is 0.244 e. The van der Waals surface area contributed by atoms with Crippen LogP contribution in [0.5, 0.6) is 0 Å². The third-order valence-electron chi connectivity index (χ3n) is 4.08. The molecule has 0 spiro atoms. The maximum atomic E-state index is 13.1. The highest BCUT2D eigenvalue weighted by Crippen LogP contribution is 2.32. The van der Waals surface area contributed by atoms with Crippen LogP contribution in [-0.2, 0) is 19.6 Å². The van der Waals surface area contributed by atoms with E-state index in [0.29, 0.717) is 17.7 Å². The quantitative estimate of drug-likeness (QED) is 0.574. The molecule has 1 aliphatic rings. The van der Waals surface area contributed by atoms with Crippen LogP contribution >= 0.6 is 11.6 Å². The first-order valence-electron chi connectivity index (χ1n) is 7.88. The SMILES string of the molecule is CCC1CC(=O)/C(=C\N(C)C)C(C=O)N1S(=O)(=O)c1ccc(Cl)cc1. The van der Waals surface area contributed by atoms with Crippen molar-refractivity contribution in [2.24, 2.45) is 0 Å². The van der Waals surface area contributed by atoms with Crippen LogP contribution in [0.1, 0.15) is 19.8 Å². The van der Waals surface area contributed by atoms with E-state index in [1.165, 1.54) is 30.5 Å². The number of piperidine rings is 1. The predicted molar refractivity (Wildman–Crippen MR) is 95.8 cm³/mol. The Balaban J connectivity index is 2.59. The summed E-state index contributed by atoms with van der Waals surface area (Å²) in [5.74, 6) is -0.208. The van der Waals surface area contributed by atoms with Gasteiger partial charge in [0.1, 0.15) is 12.3 Å². The summed E-state index contributed by atoms with van der Waals surface area (Å²) in [7, 11) is -0.533. The number of hydrogen-bond donors (Lipinski definition) is 0. The zero-order chi connectivity index (χ0) is 18.8. The number of ketones is 1. The molecule has 2 rings (SSSR count). The number of carbonyl (C=O) groups is 2. The lowest BCUT2D eigenvalue weighted by Crippen LogP contribution is -2.54. The fourth-order valence-corrected chi connectivity index (χ4v) is 4.84. The maximum Gasteiger partial charge on any atom is 0.244 e. The van der Waals surface area contributed by atoms with Gasteiger partial charge in [-0.2, -0.15) is 4.31 Å². The van der Waals surface area contributed by atoms with Crippen molar-refractivity contribution in [2.75, 3.05) is 14.1 Å². The Hall–Kier alpha value is -1.70. The molecule has 1 fully saturated rings. The second-order valence-electron chi connectivity index (χ2n) is 6.11. The van der Waals surface area contributed by atoms with Crippen molar-refractivity contribution in [3.05, 3.63) is 41.1 Å². The molecule has 0 saturated carbocycles. The first kappa shape index (κ1) is 19.6. The van der Waals surface area contributed by atoms with E-state index in [1.54, 1.807) is 25.9 Å². The van der Waals surface area contributed by atoms with Gasteiger partial charge in [0.2, 0.25) is 10.0 Å². The lowest BCUT2D eigenvalue weighted by atomic mass is 9.91. The predicted octanol–water partition coefficient (Wildman–Crippen LogP) is 2.10. The molecule has 8 heteroatoms. The molecule has 0 radical (unpaired) electrons. The topological polar surface area (TPSA) is 74.8 Å². The van der Waals surface area contributed by atoms with Crippen molar-refractivity contribution in [2.45, 2.75) is 36.7 Å². The van der Waals surface area contributed by atoms with Crippen molar-refractivity contribution in [1.82, 2.24) is 9.21 Å². The Labute approximate surface area is 153 Å². The van der Waals surface area contributed by atoms with Crippen molar-refractivity contribution in [3.8, 4) is 0 Å². The van der Waals surface area contributed by atoms with Crippen LogP contribution in [0.15, 0.2) is 40.9 Å². The Morgan fingerprint density at radius 1 is 1.28 bits per heavy atom. The molecule has 0 aromatic heterocycles. The van der Waals surface area contributed by atoms with Crippen LogP contribution in [0, 0.1) is 0 Å². The van der Waals surface area contributed by atoms with E-state index in [0.717, 1.165) is 4.31 Å². The molecule has 2 unspecified atom stereocenters. The summed E-state index contributed by atoms with van der Waals surface area (Å²) in [6, 6.07) is 4.06. The Morgan fingerprint density at radius 3 is 2.36 bits per heavy atom. The van der Waals surface area contributed by atoms with Gasteiger partial charge in [-0.05, 0) is 30.7 Å². The zero-order valence-corrected chi connectivity index (χ0v) is 15.9. The average molecular weight is 385 g/mol. The minimum Gasteiger partial charge on any atom is -0.383 e. The van der Waals surface area contributed by atoms with Crippen molar-refractivity contribution in [3.63, 3.8) is 0 Å². The highest BCUT2D eigenvalue weighted by Gasteiger charge is 2.44. The van der Waals surface area contributed by atoms with Gasteiger partial charge in [0.05, 0.1) is 4.90 Å². The van der Waals surface area contributed by atoms with Gasteiger partial charge in [0, 0.05) is 43.4 Å². The maximum absolute atomic E-state index is 13.1. The van der Waals surface area contributed by atoms with E-state index in [9.17, 15) is 18.0 Å². The molecule has 2 atom stereocenters. The number of halogens is 1. The first-order valence-corrected chi connectivity index (χ1v) is 9.70. The number of Topliss-reactive ketones (excluding diaryl/α,β-unsaturated/α-hetero) is 1. The van der Waals surface area contributed by atoms with Gasteiger partial charge in [-0.15, -0.1) is 0 Å². The molecule has 0 bridgehead atoms. The van der Waals surface area contributed by atoms with E-state index in [1.807, 2.05) is 0 Å². The highest BCUT2D eigenvalue weighted by atomic mass is 35.5. The number of hydrogen-bond acceptors (Lipinski definition) is 5. The standard InChI is InChI=1S/C17H21ClN2O4S/c1-4-13-9-17(22)15(10-19(2)3)16(11-21)20(13)25(23,24)14-7-5-12(18)6-8-14/h5-8,10-11,13,16H,4,9H2,1-3H3/b15-10-. The van der Waals surface area contributed by atoms with E-state index in [-0.39, 0.29) is 22.7 Å². The summed E-state index contributed by atoms with van der Waals surface area (Å²) in [4.78, 5) is 25.9.